The Balaban J connectivity index is 2.62. The highest BCUT2D eigenvalue weighted by Crippen LogP contribution is 2.28. The Morgan fingerprint density at radius 2 is 2.00 bits per heavy atom. The van der Waals surface area contributed by atoms with Crippen molar-refractivity contribution < 1.29 is 17.2 Å². The first-order valence-electron chi connectivity index (χ1n) is 5.15. The molecule has 0 atom stereocenters. The van der Waals surface area contributed by atoms with E-state index in [4.69, 9.17) is 5.73 Å². The molecule has 1 rings (SSSR count). The van der Waals surface area contributed by atoms with Crippen molar-refractivity contribution in [3.63, 3.8) is 0 Å². The number of anilines is 2. The normalized spacial score (nSPS) is 11.8. The van der Waals surface area contributed by atoms with Gasteiger partial charge in [0.15, 0.2) is 0 Å². The van der Waals surface area contributed by atoms with E-state index >= 15 is 0 Å². The summed E-state index contributed by atoms with van der Waals surface area (Å²) in [5.74, 6) is 0. The van der Waals surface area contributed by atoms with E-state index in [1.807, 2.05) is 0 Å². The lowest BCUT2D eigenvalue weighted by Gasteiger charge is -2.12. The molecule has 0 heterocycles. The van der Waals surface area contributed by atoms with E-state index in [1.165, 1.54) is 18.2 Å². The summed E-state index contributed by atoms with van der Waals surface area (Å²) in [4.78, 5) is 0. The number of halogens is 2. The lowest BCUT2D eigenvalue weighted by molar-refractivity contribution is 0.152. The van der Waals surface area contributed by atoms with E-state index in [0.717, 1.165) is 6.26 Å². The SMILES string of the molecule is CS(=O)(=O)NCCNc1ccc(N)cc1C(F)F. The number of hydrogen-bond donors (Lipinski definition) is 3. The molecule has 0 spiro atoms. The minimum atomic E-state index is -3.27. The molecule has 18 heavy (non-hydrogen) atoms. The van der Waals surface area contributed by atoms with E-state index in [0.29, 0.717) is 0 Å². The third kappa shape index (κ3) is 4.84. The van der Waals surface area contributed by atoms with Gasteiger partial charge in [0.05, 0.1) is 6.26 Å². The Labute approximate surface area is 104 Å². The number of alkyl halides is 2. The fourth-order valence-corrected chi connectivity index (χ4v) is 1.83. The van der Waals surface area contributed by atoms with Gasteiger partial charge in [0.1, 0.15) is 0 Å². The predicted molar refractivity (Wildman–Crippen MR) is 67.1 cm³/mol. The molecular weight excluding hydrogens is 264 g/mol. The second-order valence-corrected chi connectivity index (χ2v) is 5.57. The van der Waals surface area contributed by atoms with Crippen LogP contribution in [0.25, 0.3) is 0 Å². The van der Waals surface area contributed by atoms with Crippen molar-refractivity contribution in [2.24, 2.45) is 0 Å². The number of hydrogen-bond acceptors (Lipinski definition) is 4. The Morgan fingerprint density at radius 3 is 2.56 bits per heavy atom. The highest BCUT2D eigenvalue weighted by Gasteiger charge is 2.13. The number of sulfonamides is 1. The zero-order valence-electron chi connectivity index (χ0n) is 9.78. The first-order chi connectivity index (χ1) is 8.29. The Kier molecular flexibility index (Phi) is 4.85. The van der Waals surface area contributed by atoms with Crippen LogP contribution in [0.15, 0.2) is 18.2 Å². The van der Waals surface area contributed by atoms with Crippen molar-refractivity contribution in [1.29, 1.82) is 0 Å². The molecule has 0 aliphatic carbocycles. The minimum absolute atomic E-state index is 0.117. The van der Waals surface area contributed by atoms with Gasteiger partial charge in [-0.1, -0.05) is 0 Å². The fourth-order valence-electron chi connectivity index (χ4n) is 1.36. The highest BCUT2D eigenvalue weighted by molar-refractivity contribution is 7.88. The minimum Gasteiger partial charge on any atom is -0.399 e. The molecule has 0 aliphatic rings. The van der Waals surface area contributed by atoms with Gasteiger partial charge in [-0.25, -0.2) is 21.9 Å². The monoisotopic (exact) mass is 279 g/mol. The molecule has 4 N–H and O–H groups in total. The van der Waals surface area contributed by atoms with Gasteiger partial charge in [0, 0.05) is 30.0 Å². The van der Waals surface area contributed by atoms with Crippen LogP contribution in [0.4, 0.5) is 20.2 Å². The standard InChI is InChI=1S/C10H15F2N3O2S/c1-18(16,17)15-5-4-14-9-3-2-7(13)6-8(9)10(11)12/h2-3,6,10,14-15H,4-5,13H2,1H3. The largest absolute Gasteiger partial charge is 0.399 e. The molecule has 0 radical (unpaired) electrons. The van der Waals surface area contributed by atoms with E-state index in [-0.39, 0.29) is 30.0 Å². The van der Waals surface area contributed by atoms with E-state index < -0.39 is 16.4 Å². The van der Waals surface area contributed by atoms with Gasteiger partial charge in [0.2, 0.25) is 10.0 Å². The number of benzene rings is 1. The topological polar surface area (TPSA) is 84.2 Å². The van der Waals surface area contributed by atoms with E-state index in [2.05, 4.69) is 10.0 Å². The Hall–Kier alpha value is -1.41. The molecule has 0 unspecified atom stereocenters. The average molecular weight is 279 g/mol. The third-order valence-corrected chi connectivity index (χ3v) is 2.84. The molecule has 1 aromatic carbocycles. The number of rotatable bonds is 6. The van der Waals surface area contributed by atoms with Crippen LogP contribution in [0.1, 0.15) is 12.0 Å². The van der Waals surface area contributed by atoms with E-state index in [9.17, 15) is 17.2 Å². The molecule has 8 heteroatoms. The van der Waals surface area contributed by atoms with Crippen molar-refractivity contribution in [2.45, 2.75) is 6.43 Å². The summed E-state index contributed by atoms with van der Waals surface area (Å²) in [6, 6.07) is 4.13. The number of nitrogens with two attached hydrogens (primary N) is 1. The van der Waals surface area contributed by atoms with Crippen LogP contribution in [-0.2, 0) is 10.0 Å². The van der Waals surface area contributed by atoms with Crippen molar-refractivity contribution in [1.82, 2.24) is 4.72 Å². The Morgan fingerprint density at radius 1 is 1.33 bits per heavy atom. The van der Waals surface area contributed by atoms with Gasteiger partial charge in [0.25, 0.3) is 6.43 Å². The first-order valence-corrected chi connectivity index (χ1v) is 7.05. The van der Waals surface area contributed by atoms with Crippen molar-refractivity contribution in [3.8, 4) is 0 Å². The molecule has 1 aromatic rings. The summed E-state index contributed by atoms with van der Waals surface area (Å²) in [7, 11) is -3.27. The number of nitrogen functional groups attached to an aromatic ring is 1. The zero-order valence-corrected chi connectivity index (χ0v) is 10.6. The molecule has 0 aromatic heterocycles. The summed E-state index contributed by atoms with van der Waals surface area (Å²) in [5.41, 5.74) is 5.72. The van der Waals surface area contributed by atoms with Crippen molar-refractivity contribution in [2.75, 3.05) is 30.4 Å². The summed E-state index contributed by atoms with van der Waals surface area (Å²) in [6.45, 7) is 0.322. The van der Waals surface area contributed by atoms with Crippen LogP contribution < -0.4 is 15.8 Å². The van der Waals surface area contributed by atoms with Crippen molar-refractivity contribution in [3.05, 3.63) is 23.8 Å². The second kappa shape index (κ2) is 5.96. The molecular formula is C10H15F2N3O2S. The van der Waals surface area contributed by atoms with Gasteiger partial charge in [-0.3, -0.25) is 0 Å². The average Bonchev–Trinajstić information content (AvgIpc) is 2.24. The Bertz CT molecular complexity index is 506. The summed E-state index contributed by atoms with van der Waals surface area (Å²) < 4.78 is 49.2. The second-order valence-electron chi connectivity index (χ2n) is 3.74. The smallest absolute Gasteiger partial charge is 0.265 e. The van der Waals surface area contributed by atoms with Crippen LogP contribution in [0.2, 0.25) is 0 Å². The van der Waals surface area contributed by atoms with Crippen LogP contribution in [-0.4, -0.2) is 27.8 Å². The molecule has 0 saturated carbocycles. The summed E-state index contributed by atoms with van der Waals surface area (Å²) >= 11 is 0. The van der Waals surface area contributed by atoms with Crippen LogP contribution in [0.3, 0.4) is 0 Å². The molecule has 102 valence electrons. The molecule has 0 aliphatic heterocycles. The fraction of sp³-hybridized carbons (Fsp3) is 0.400. The maximum atomic E-state index is 12.7. The summed E-state index contributed by atoms with van der Waals surface area (Å²) in [5, 5.41) is 2.73. The number of nitrogens with one attached hydrogen (secondary N) is 2. The van der Waals surface area contributed by atoms with Gasteiger partial charge in [-0.2, -0.15) is 0 Å². The highest BCUT2D eigenvalue weighted by atomic mass is 32.2. The molecule has 0 amide bonds. The molecule has 0 bridgehead atoms. The first kappa shape index (κ1) is 14.7. The lowest BCUT2D eigenvalue weighted by Crippen LogP contribution is -2.27. The quantitative estimate of drug-likeness (QED) is 0.539. The predicted octanol–water partition coefficient (Wildman–Crippen LogP) is 1.17. The van der Waals surface area contributed by atoms with Gasteiger partial charge < -0.3 is 11.1 Å². The third-order valence-electron chi connectivity index (χ3n) is 2.12. The van der Waals surface area contributed by atoms with Crippen LogP contribution in [0, 0.1) is 0 Å². The van der Waals surface area contributed by atoms with Gasteiger partial charge in [-0.15, -0.1) is 0 Å². The van der Waals surface area contributed by atoms with E-state index in [1.54, 1.807) is 0 Å². The van der Waals surface area contributed by atoms with Crippen LogP contribution in [0.5, 0.6) is 0 Å². The lowest BCUT2D eigenvalue weighted by atomic mass is 10.1. The summed E-state index contributed by atoms with van der Waals surface area (Å²) in [6.07, 6.45) is -1.61. The molecule has 0 saturated heterocycles. The van der Waals surface area contributed by atoms with Gasteiger partial charge >= 0.3 is 0 Å². The van der Waals surface area contributed by atoms with Gasteiger partial charge in [-0.05, 0) is 18.2 Å². The maximum absolute atomic E-state index is 12.7. The zero-order chi connectivity index (χ0) is 13.8. The molecule has 5 nitrogen and oxygen atoms in total. The van der Waals surface area contributed by atoms with Crippen LogP contribution >= 0.6 is 0 Å². The maximum Gasteiger partial charge on any atom is 0.265 e. The van der Waals surface area contributed by atoms with Crippen molar-refractivity contribution >= 4 is 21.4 Å². The molecule has 0 fully saturated rings.